The molecule has 8 heteroatoms. The van der Waals surface area contributed by atoms with Crippen LogP contribution < -0.4 is 0 Å². The summed E-state index contributed by atoms with van der Waals surface area (Å²) in [6.45, 7) is 13.7. The molecule has 0 aromatic heterocycles. The van der Waals surface area contributed by atoms with Crippen LogP contribution in [-0.4, -0.2) is 73.5 Å². The van der Waals surface area contributed by atoms with E-state index in [1.807, 2.05) is 36.0 Å². The monoisotopic (exact) mass is 382 g/mol. The van der Waals surface area contributed by atoms with Crippen LogP contribution in [0, 0.1) is 0 Å². The zero-order chi connectivity index (χ0) is 20.2. The molecule has 2 atom stereocenters. The molecule has 1 aliphatic heterocycles. The number of nitrogens with zero attached hydrogens (tertiary/aromatic N) is 4. The van der Waals surface area contributed by atoms with Crippen LogP contribution in [0.4, 0.5) is 0 Å². The fourth-order valence-corrected chi connectivity index (χ4v) is 2.62. The highest BCUT2D eigenvalue weighted by molar-refractivity contribution is 5.91. The van der Waals surface area contributed by atoms with E-state index in [9.17, 15) is 4.79 Å². The minimum absolute atomic E-state index is 0.0748. The van der Waals surface area contributed by atoms with E-state index in [4.69, 9.17) is 14.6 Å². The third kappa shape index (κ3) is 7.60. The summed E-state index contributed by atoms with van der Waals surface area (Å²) in [6, 6.07) is 0. The zero-order valence-corrected chi connectivity index (χ0v) is 17.1. The van der Waals surface area contributed by atoms with Crippen molar-refractivity contribution in [2.45, 2.75) is 51.9 Å². The fraction of sp³-hybridized carbons (Fsp3) is 0.684. The van der Waals surface area contributed by atoms with Gasteiger partial charge in [0.05, 0.1) is 18.9 Å². The Morgan fingerprint density at radius 1 is 1.37 bits per heavy atom. The molecule has 0 radical (unpaired) electrons. The second kappa shape index (κ2) is 12.3. The van der Waals surface area contributed by atoms with Crippen molar-refractivity contribution in [2.75, 3.05) is 33.9 Å². The first-order valence-electron chi connectivity index (χ1n) is 9.33. The maximum absolute atomic E-state index is 10.1. The van der Waals surface area contributed by atoms with Gasteiger partial charge in [-0.2, -0.15) is 10.1 Å². The maximum Gasteiger partial charge on any atom is 0.293 e. The smallest absolute Gasteiger partial charge is 0.293 e. The van der Waals surface area contributed by atoms with Crippen molar-refractivity contribution in [3.63, 3.8) is 0 Å². The van der Waals surface area contributed by atoms with E-state index in [1.165, 1.54) is 0 Å². The highest BCUT2D eigenvalue weighted by Crippen LogP contribution is 2.22. The molecule has 154 valence electrons. The molecule has 1 aliphatic rings. The van der Waals surface area contributed by atoms with Gasteiger partial charge in [0.25, 0.3) is 6.47 Å². The summed E-state index contributed by atoms with van der Waals surface area (Å²) < 4.78 is 16.2. The first-order chi connectivity index (χ1) is 12.9. The summed E-state index contributed by atoms with van der Waals surface area (Å²) in [5, 5.41) is 10.5. The standard InChI is InChI=1S/C19H34N4O4/c1-7-16(2)20-23(19-11-8-9-13-27-19)17(3)21(5)22(6)18(4)26-14-10-12-25-15-24/h7,15,17,19H,1,4,8-14H2,2-3,5-6H3/b20-16+. The van der Waals surface area contributed by atoms with Crippen LogP contribution in [-0.2, 0) is 19.0 Å². The summed E-state index contributed by atoms with van der Waals surface area (Å²) in [7, 11) is 3.83. The summed E-state index contributed by atoms with van der Waals surface area (Å²) in [5.41, 5.74) is 0.831. The fourth-order valence-electron chi connectivity index (χ4n) is 2.62. The van der Waals surface area contributed by atoms with Crippen molar-refractivity contribution in [3.8, 4) is 0 Å². The Morgan fingerprint density at radius 2 is 2.11 bits per heavy atom. The molecule has 0 N–H and O–H groups in total. The molecular formula is C19H34N4O4. The van der Waals surface area contributed by atoms with Crippen LogP contribution in [0.1, 0.15) is 39.5 Å². The molecule has 8 nitrogen and oxygen atoms in total. The van der Waals surface area contributed by atoms with Crippen LogP contribution in [0.15, 0.2) is 30.2 Å². The van der Waals surface area contributed by atoms with Crippen LogP contribution in [0.2, 0.25) is 0 Å². The lowest BCUT2D eigenvalue weighted by atomic mass is 10.2. The average Bonchev–Trinajstić information content (AvgIpc) is 2.70. The molecule has 0 aromatic rings. The van der Waals surface area contributed by atoms with Gasteiger partial charge in [-0.15, -0.1) is 0 Å². The zero-order valence-electron chi connectivity index (χ0n) is 17.1. The normalized spacial score (nSPS) is 18.6. The van der Waals surface area contributed by atoms with E-state index in [-0.39, 0.29) is 12.4 Å². The number of allylic oxidation sites excluding steroid dienone is 1. The lowest BCUT2D eigenvalue weighted by Gasteiger charge is -2.43. The first kappa shape index (κ1) is 23.0. The summed E-state index contributed by atoms with van der Waals surface area (Å²) >= 11 is 0. The molecule has 0 spiro atoms. The maximum atomic E-state index is 10.1. The molecule has 27 heavy (non-hydrogen) atoms. The summed E-state index contributed by atoms with van der Waals surface area (Å²) in [4.78, 5) is 10.1. The number of hydrazine groups is 1. The van der Waals surface area contributed by atoms with Gasteiger partial charge in [-0.3, -0.25) is 9.80 Å². The van der Waals surface area contributed by atoms with Crippen LogP contribution in [0.25, 0.3) is 0 Å². The number of carbonyl (C=O) groups is 1. The van der Waals surface area contributed by atoms with Crippen molar-refractivity contribution >= 4 is 12.2 Å². The first-order valence-corrected chi connectivity index (χ1v) is 9.33. The predicted molar refractivity (Wildman–Crippen MR) is 105 cm³/mol. The second-order valence-electron chi connectivity index (χ2n) is 6.44. The number of hydrogen-bond acceptors (Lipinski definition) is 8. The van der Waals surface area contributed by atoms with E-state index in [0.29, 0.717) is 32.0 Å². The molecule has 2 unspecified atom stereocenters. The van der Waals surface area contributed by atoms with Crippen molar-refractivity contribution in [3.05, 3.63) is 25.1 Å². The summed E-state index contributed by atoms with van der Waals surface area (Å²) in [5.74, 6) is 0.504. The second-order valence-corrected chi connectivity index (χ2v) is 6.44. The van der Waals surface area contributed by atoms with Gasteiger partial charge in [0.1, 0.15) is 12.4 Å². The quantitative estimate of drug-likeness (QED) is 0.121. The topological polar surface area (TPSA) is 66.8 Å². The third-order valence-electron chi connectivity index (χ3n) is 4.52. The Bertz CT molecular complexity index is 506. The molecule has 0 amide bonds. The SMILES string of the molecule is C=C/C(C)=N/N(C1CCCCO1)C(C)N(C)N(C)C(=C)OCCCOC=O. The molecule has 1 rings (SSSR count). The Labute approximate surface area is 163 Å². The lowest BCUT2D eigenvalue weighted by molar-refractivity contribution is -0.160. The predicted octanol–water partition coefficient (Wildman–Crippen LogP) is 2.55. The molecule has 1 fully saturated rings. The van der Waals surface area contributed by atoms with Crippen LogP contribution in [0.5, 0.6) is 0 Å². The van der Waals surface area contributed by atoms with Crippen molar-refractivity contribution in [1.82, 2.24) is 15.0 Å². The Kier molecular flexibility index (Phi) is 10.5. The number of hydrazone groups is 1. The number of ether oxygens (including phenoxy) is 3. The van der Waals surface area contributed by atoms with E-state index in [1.54, 1.807) is 6.08 Å². The highest BCUT2D eigenvalue weighted by Gasteiger charge is 2.29. The Hall–Kier alpha value is -2.06. The minimum atomic E-state index is -0.0910. The van der Waals surface area contributed by atoms with Crippen molar-refractivity contribution in [1.29, 1.82) is 0 Å². The molecular weight excluding hydrogens is 348 g/mol. The lowest BCUT2D eigenvalue weighted by Crippen LogP contribution is -2.53. The Balaban J connectivity index is 2.71. The number of rotatable bonds is 13. The summed E-state index contributed by atoms with van der Waals surface area (Å²) in [6.07, 6.45) is 5.31. The van der Waals surface area contributed by atoms with E-state index in [2.05, 4.69) is 24.8 Å². The van der Waals surface area contributed by atoms with Crippen molar-refractivity contribution < 1.29 is 19.0 Å². The molecule has 0 aromatic carbocycles. The van der Waals surface area contributed by atoms with E-state index >= 15 is 0 Å². The average molecular weight is 383 g/mol. The minimum Gasteiger partial charge on any atom is -0.478 e. The van der Waals surface area contributed by atoms with Gasteiger partial charge in [0, 0.05) is 27.1 Å². The van der Waals surface area contributed by atoms with Gasteiger partial charge in [-0.05, 0) is 45.8 Å². The van der Waals surface area contributed by atoms with Gasteiger partial charge >= 0.3 is 0 Å². The molecule has 0 saturated carbocycles. The highest BCUT2D eigenvalue weighted by atomic mass is 16.5. The Morgan fingerprint density at radius 3 is 2.70 bits per heavy atom. The van der Waals surface area contributed by atoms with Gasteiger partial charge < -0.3 is 14.2 Å². The molecule has 1 saturated heterocycles. The van der Waals surface area contributed by atoms with Gasteiger partial charge in [0.15, 0.2) is 5.88 Å². The van der Waals surface area contributed by atoms with E-state index in [0.717, 1.165) is 31.6 Å². The molecule has 0 aliphatic carbocycles. The largest absolute Gasteiger partial charge is 0.478 e. The van der Waals surface area contributed by atoms with Gasteiger partial charge in [-0.25, -0.2) is 5.01 Å². The number of carbonyl (C=O) groups excluding carboxylic acids is 1. The molecule has 0 bridgehead atoms. The third-order valence-corrected chi connectivity index (χ3v) is 4.52. The number of hydrogen-bond donors (Lipinski definition) is 0. The van der Waals surface area contributed by atoms with Gasteiger partial charge in [-0.1, -0.05) is 6.58 Å². The molecule has 1 heterocycles. The van der Waals surface area contributed by atoms with E-state index < -0.39 is 0 Å². The van der Waals surface area contributed by atoms with Crippen molar-refractivity contribution in [2.24, 2.45) is 5.10 Å². The van der Waals surface area contributed by atoms with Crippen LogP contribution in [0.3, 0.4) is 0 Å². The van der Waals surface area contributed by atoms with Crippen LogP contribution >= 0.6 is 0 Å². The van der Waals surface area contributed by atoms with Gasteiger partial charge in [0.2, 0.25) is 0 Å².